The number of hydrogen-bond acceptors (Lipinski definition) is 3. The van der Waals surface area contributed by atoms with E-state index in [1.165, 1.54) is 0 Å². The zero-order valence-corrected chi connectivity index (χ0v) is 10.0. The minimum atomic E-state index is -0.125. The van der Waals surface area contributed by atoms with Crippen LogP contribution in [0.15, 0.2) is 28.7 Å². The van der Waals surface area contributed by atoms with Gasteiger partial charge in [-0.1, -0.05) is 15.9 Å². The topological polar surface area (TPSA) is 29.3 Å². The lowest BCUT2D eigenvalue weighted by Crippen LogP contribution is -2.15. The van der Waals surface area contributed by atoms with Gasteiger partial charge < -0.3 is 9.64 Å². The summed E-state index contributed by atoms with van der Waals surface area (Å²) in [7, 11) is 0. The van der Waals surface area contributed by atoms with Crippen LogP contribution in [0, 0.1) is 0 Å². The van der Waals surface area contributed by atoms with Gasteiger partial charge in [-0.3, -0.25) is 0 Å². The van der Waals surface area contributed by atoms with E-state index >= 15 is 0 Å². The Labute approximate surface area is 97.2 Å². The largest absolute Gasteiger partial charge is 0.464 e. The second kappa shape index (κ2) is 4.23. The third-order valence-corrected chi connectivity index (χ3v) is 2.86. The monoisotopic (exact) mass is 269 g/mol. The van der Waals surface area contributed by atoms with E-state index in [0.717, 1.165) is 16.7 Å². The van der Waals surface area contributed by atoms with E-state index < -0.39 is 0 Å². The molecule has 0 saturated carbocycles. The first-order valence-corrected chi connectivity index (χ1v) is 5.70. The van der Waals surface area contributed by atoms with Crippen molar-refractivity contribution in [1.82, 2.24) is 0 Å². The molecule has 1 aliphatic heterocycles. The number of rotatable bonds is 3. The molecule has 2 rings (SSSR count). The predicted molar refractivity (Wildman–Crippen MR) is 61.9 cm³/mol. The maximum atomic E-state index is 11.4. The number of esters is 1. The van der Waals surface area contributed by atoms with E-state index in [4.69, 9.17) is 4.74 Å². The molecule has 15 heavy (non-hydrogen) atoms. The first kappa shape index (κ1) is 10.5. The average molecular weight is 270 g/mol. The lowest BCUT2D eigenvalue weighted by Gasteiger charge is -2.05. The van der Waals surface area contributed by atoms with Gasteiger partial charge in [-0.2, -0.15) is 0 Å². The van der Waals surface area contributed by atoms with Gasteiger partial charge in [0.05, 0.1) is 13.2 Å². The second-order valence-corrected chi connectivity index (χ2v) is 4.31. The molecular weight excluding hydrogens is 258 g/mol. The number of ether oxygens (including phenoxy) is 1. The number of anilines is 1. The van der Waals surface area contributed by atoms with Crippen LogP contribution >= 0.6 is 15.9 Å². The van der Waals surface area contributed by atoms with Gasteiger partial charge in [0.15, 0.2) is 0 Å². The third kappa shape index (κ3) is 2.31. The van der Waals surface area contributed by atoms with Crippen molar-refractivity contribution in [1.29, 1.82) is 0 Å². The van der Waals surface area contributed by atoms with Crippen molar-refractivity contribution in [3.63, 3.8) is 0 Å². The van der Waals surface area contributed by atoms with Crippen molar-refractivity contribution in [3.05, 3.63) is 28.7 Å². The van der Waals surface area contributed by atoms with Gasteiger partial charge in [0.1, 0.15) is 6.04 Å². The van der Waals surface area contributed by atoms with Gasteiger partial charge >= 0.3 is 5.97 Å². The molecule has 4 heteroatoms. The van der Waals surface area contributed by atoms with Crippen LogP contribution in [0.5, 0.6) is 0 Å². The Balaban J connectivity index is 1.98. The molecule has 3 nitrogen and oxygen atoms in total. The molecule has 0 N–H and O–H groups in total. The van der Waals surface area contributed by atoms with Crippen LogP contribution in [0.1, 0.15) is 6.92 Å². The molecule has 1 aliphatic rings. The summed E-state index contributed by atoms with van der Waals surface area (Å²) in [6.45, 7) is 3.04. The molecule has 1 unspecified atom stereocenters. The first-order valence-electron chi connectivity index (χ1n) is 4.91. The highest BCUT2D eigenvalue weighted by atomic mass is 79.9. The molecule has 1 saturated heterocycles. The predicted octanol–water partition coefficient (Wildman–Crippen LogP) is 2.20. The van der Waals surface area contributed by atoms with Crippen molar-refractivity contribution in [2.75, 3.05) is 18.1 Å². The molecule has 80 valence electrons. The second-order valence-electron chi connectivity index (χ2n) is 3.40. The maximum Gasteiger partial charge on any atom is 0.330 e. The first-order chi connectivity index (χ1) is 7.22. The van der Waals surface area contributed by atoms with Crippen LogP contribution in [-0.4, -0.2) is 25.2 Å². The maximum absolute atomic E-state index is 11.4. The van der Waals surface area contributed by atoms with E-state index in [0.29, 0.717) is 6.61 Å². The molecule has 0 spiro atoms. The average Bonchev–Trinajstić information content (AvgIpc) is 2.99. The van der Waals surface area contributed by atoms with E-state index in [1.54, 1.807) is 0 Å². The lowest BCUT2D eigenvalue weighted by atomic mass is 10.3. The van der Waals surface area contributed by atoms with E-state index in [9.17, 15) is 4.79 Å². The molecule has 1 aromatic carbocycles. The smallest absolute Gasteiger partial charge is 0.330 e. The van der Waals surface area contributed by atoms with Crippen LogP contribution in [0.2, 0.25) is 0 Å². The minimum Gasteiger partial charge on any atom is -0.464 e. The van der Waals surface area contributed by atoms with E-state index in [-0.39, 0.29) is 12.0 Å². The van der Waals surface area contributed by atoms with Crippen molar-refractivity contribution in [3.8, 4) is 0 Å². The Morgan fingerprint density at radius 3 is 2.80 bits per heavy atom. The summed E-state index contributed by atoms with van der Waals surface area (Å²) in [5.41, 5.74) is 1.07. The number of halogens is 1. The van der Waals surface area contributed by atoms with Crippen molar-refractivity contribution in [2.45, 2.75) is 13.0 Å². The van der Waals surface area contributed by atoms with E-state index in [1.807, 2.05) is 36.1 Å². The molecule has 1 fully saturated rings. The fourth-order valence-electron chi connectivity index (χ4n) is 1.50. The quantitative estimate of drug-likeness (QED) is 0.623. The van der Waals surface area contributed by atoms with E-state index in [2.05, 4.69) is 15.9 Å². The van der Waals surface area contributed by atoms with Crippen LogP contribution in [0.3, 0.4) is 0 Å². The SMILES string of the molecule is CCOC(=O)C1CN1c1ccc(Br)cc1. The van der Waals surface area contributed by atoms with Gasteiger partial charge in [-0.25, -0.2) is 4.79 Å². The van der Waals surface area contributed by atoms with Gasteiger partial charge in [0.25, 0.3) is 0 Å². The molecule has 1 atom stereocenters. The highest BCUT2D eigenvalue weighted by Crippen LogP contribution is 2.29. The fourth-order valence-corrected chi connectivity index (χ4v) is 1.76. The van der Waals surface area contributed by atoms with Gasteiger partial charge in [-0.15, -0.1) is 0 Å². The molecule has 0 radical (unpaired) electrons. The highest BCUT2D eigenvalue weighted by molar-refractivity contribution is 9.10. The highest BCUT2D eigenvalue weighted by Gasteiger charge is 2.41. The Bertz CT molecular complexity index is 363. The summed E-state index contributed by atoms with van der Waals surface area (Å²) >= 11 is 3.37. The Morgan fingerprint density at radius 2 is 2.20 bits per heavy atom. The number of carbonyl (C=O) groups is 1. The molecular formula is C11H12BrNO2. The van der Waals surface area contributed by atoms with Crippen molar-refractivity contribution < 1.29 is 9.53 Å². The molecule has 0 bridgehead atoms. The van der Waals surface area contributed by atoms with Crippen LogP contribution in [0.4, 0.5) is 5.69 Å². The van der Waals surface area contributed by atoms with Crippen LogP contribution in [-0.2, 0) is 9.53 Å². The third-order valence-electron chi connectivity index (χ3n) is 2.33. The summed E-state index contributed by atoms with van der Waals surface area (Å²) in [6.07, 6.45) is 0. The summed E-state index contributed by atoms with van der Waals surface area (Å²) in [5, 5.41) is 0. The molecule has 0 aromatic heterocycles. The van der Waals surface area contributed by atoms with Crippen molar-refractivity contribution >= 4 is 27.6 Å². The van der Waals surface area contributed by atoms with Gasteiger partial charge in [0.2, 0.25) is 0 Å². The Hall–Kier alpha value is -1.03. The molecule has 1 aromatic rings. The summed E-state index contributed by atoms with van der Waals surface area (Å²) < 4.78 is 5.99. The molecule has 0 amide bonds. The van der Waals surface area contributed by atoms with Crippen LogP contribution < -0.4 is 4.90 Å². The summed E-state index contributed by atoms with van der Waals surface area (Å²) in [4.78, 5) is 13.4. The zero-order valence-electron chi connectivity index (χ0n) is 8.44. The Morgan fingerprint density at radius 1 is 1.53 bits per heavy atom. The summed E-state index contributed by atoms with van der Waals surface area (Å²) in [6, 6.07) is 7.84. The number of benzene rings is 1. The number of hydrogen-bond donors (Lipinski definition) is 0. The minimum absolute atomic E-state index is 0.0777. The zero-order chi connectivity index (χ0) is 10.8. The van der Waals surface area contributed by atoms with Crippen LogP contribution in [0.25, 0.3) is 0 Å². The lowest BCUT2D eigenvalue weighted by molar-refractivity contribution is -0.142. The van der Waals surface area contributed by atoms with Crippen molar-refractivity contribution in [2.24, 2.45) is 0 Å². The summed E-state index contributed by atoms with van der Waals surface area (Å²) in [5.74, 6) is -0.125. The Kier molecular flexibility index (Phi) is 2.95. The number of carbonyl (C=O) groups excluding carboxylic acids is 1. The normalized spacial score (nSPS) is 18.8. The fraction of sp³-hybridized carbons (Fsp3) is 0.364. The molecule has 1 heterocycles. The van der Waals surface area contributed by atoms with Gasteiger partial charge in [0, 0.05) is 10.2 Å². The number of nitrogens with zero attached hydrogens (tertiary/aromatic N) is 1. The van der Waals surface area contributed by atoms with Gasteiger partial charge in [-0.05, 0) is 31.2 Å². The molecule has 0 aliphatic carbocycles. The standard InChI is InChI=1S/C11H12BrNO2/c1-2-15-11(14)10-7-13(10)9-5-3-8(12)4-6-9/h3-6,10H,2,7H2,1H3.